The van der Waals surface area contributed by atoms with Gasteiger partial charge in [0.2, 0.25) is 0 Å². The third-order valence-corrected chi connectivity index (χ3v) is 6.44. The highest BCUT2D eigenvalue weighted by Crippen LogP contribution is 2.46. The molecule has 0 aromatic heterocycles. The molecule has 2 rings (SSSR count). The summed E-state index contributed by atoms with van der Waals surface area (Å²) >= 11 is 21.0. The number of benzene rings is 1. The Hall–Kier alpha value is -0.100. The number of hydrogen-bond acceptors (Lipinski definition) is 4. The van der Waals surface area contributed by atoms with Crippen molar-refractivity contribution in [3.63, 3.8) is 0 Å². The van der Waals surface area contributed by atoms with Crippen molar-refractivity contribution in [3.05, 3.63) is 39.4 Å². The van der Waals surface area contributed by atoms with Crippen LogP contribution >= 0.6 is 46.8 Å². The molecule has 0 radical (unpaired) electrons. The van der Waals surface area contributed by atoms with Gasteiger partial charge in [-0.25, -0.2) is 0 Å². The topological polar surface area (TPSA) is 33.3 Å². The first-order valence-electron chi connectivity index (χ1n) is 8.80. The van der Waals surface area contributed by atoms with Crippen molar-refractivity contribution in [3.8, 4) is 5.75 Å². The van der Waals surface area contributed by atoms with Gasteiger partial charge in [0.25, 0.3) is 0 Å². The van der Waals surface area contributed by atoms with Crippen LogP contribution in [0.3, 0.4) is 0 Å². The maximum atomic E-state index is 6.66. The lowest BCUT2D eigenvalue weighted by molar-refractivity contribution is 0.297. The second kappa shape index (κ2) is 9.90. The van der Waals surface area contributed by atoms with Crippen molar-refractivity contribution < 1.29 is 4.74 Å². The minimum Gasteiger partial charge on any atom is -0.489 e. The molecule has 3 nitrogen and oxygen atoms in total. The zero-order valence-corrected chi connectivity index (χ0v) is 18.6. The second-order valence-electron chi connectivity index (χ2n) is 7.40. The van der Waals surface area contributed by atoms with Gasteiger partial charge in [-0.05, 0) is 52.6 Å². The molecule has 1 fully saturated rings. The minimum absolute atomic E-state index is 0.0170. The van der Waals surface area contributed by atoms with E-state index in [2.05, 4.69) is 37.4 Å². The van der Waals surface area contributed by atoms with Crippen molar-refractivity contribution in [1.29, 1.82) is 0 Å². The van der Waals surface area contributed by atoms with Crippen molar-refractivity contribution in [1.82, 2.24) is 10.0 Å². The summed E-state index contributed by atoms with van der Waals surface area (Å²) in [6.07, 6.45) is 3.82. The molecule has 7 heteroatoms. The Balaban J connectivity index is 2.46. The van der Waals surface area contributed by atoms with Crippen LogP contribution in [0.15, 0.2) is 18.7 Å². The Morgan fingerprint density at radius 1 is 1.31 bits per heavy atom. The summed E-state index contributed by atoms with van der Waals surface area (Å²) in [5.74, 6) is 1.08. The van der Waals surface area contributed by atoms with Gasteiger partial charge in [0.05, 0.1) is 21.1 Å². The fourth-order valence-electron chi connectivity index (χ4n) is 2.95. The Morgan fingerprint density at radius 3 is 2.54 bits per heavy atom. The molecule has 26 heavy (non-hydrogen) atoms. The minimum atomic E-state index is 0.0170. The lowest BCUT2D eigenvalue weighted by Gasteiger charge is -2.34. The van der Waals surface area contributed by atoms with Crippen molar-refractivity contribution >= 4 is 46.8 Å². The fourth-order valence-corrected chi connectivity index (χ4v) is 4.46. The van der Waals surface area contributed by atoms with E-state index in [1.807, 2.05) is 0 Å². The molecule has 0 bridgehead atoms. The number of hydrogen-bond donors (Lipinski definition) is 2. The molecular formula is C19H27Cl3N2OS. The van der Waals surface area contributed by atoms with Crippen LogP contribution in [0.4, 0.5) is 0 Å². The van der Waals surface area contributed by atoms with Gasteiger partial charge in [0, 0.05) is 16.4 Å². The van der Waals surface area contributed by atoms with Gasteiger partial charge >= 0.3 is 0 Å². The van der Waals surface area contributed by atoms with E-state index in [9.17, 15) is 0 Å². The van der Waals surface area contributed by atoms with Gasteiger partial charge in [-0.3, -0.25) is 4.72 Å². The van der Waals surface area contributed by atoms with Crippen LogP contribution in [-0.2, 0) is 0 Å². The summed E-state index contributed by atoms with van der Waals surface area (Å²) < 4.78 is 9.61. The molecule has 1 saturated heterocycles. The van der Waals surface area contributed by atoms with Gasteiger partial charge in [0.15, 0.2) is 0 Å². The average Bonchev–Trinajstić information content (AvgIpc) is 2.60. The third-order valence-electron chi connectivity index (χ3n) is 4.18. The van der Waals surface area contributed by atoms with E-state index in [-0.39, 0.29) is 10.8 Å². The zero-order chi connectivity index (χ0) is 19.3. The van der Waals surface area contributed by atoms with Gasteiger partial charge in [-0.1, -0.05) is 59.4 Å². The van der Waals surface area contributed by atoms with E-state index in [0.29, 0.717) is 33.3 Å². The molecule has 1 aromatic rings. The van der Waals surface area contributed by atoms with Crippen LogP contribution in [0.5, 0.6) is 5.75 Å². The highest BCUT2D eigenvalue weighted by molar-refractivity contribution is 7.98. The first-order valence-corrected chi connectivity index (χ1v) is 10.7. The van der Waals surface area contributed by atoms with Crippen LogP contribution in [-0.4, -0.2) is 24.4 Å². The predicted molar refractivity (Wildman–Crippen MR) is 116 cm³/mol. The molecule has 0 saturated carbocycles. The van der Waals surface area contributed by atoms with Gasteiger partial charge in [-0.2, -0.15) is 0 Å². The standard InChI is InChI=1S/C19H27Cl3N2OS/c1-5-10-25-14-11-13(20)16(21)17(22)15(14)18(24-26-19(2,3)4)12-6-8-23-9-7-12/h5,11-12,18,23-24H,1,6-10H2,2-4H3. The quantitative estimate of drug-likeness (QED) is 0.298. The molecule has 1 unspecified atom stereocenters. The van der Waals surface area contributed by atoms with Crippen LogP contribution in [0.2, 0.25) is 15.1 Å². The van der Waals surface area contributed by atoms with Gasteiger partial charge < -0.3 is 10.1 Å². The molecule has 1 aromatic carbocycles. The summed E-state index contributed by atoms with van der Waals surface area (Å²) in [6.45, 7) is 12.6. The Kier molecular flexibility index (Phi) is 8.45. The third kappa shape index (κ3) is 5.95. The van der Waals surface area contributed by atoms with E-state index in [1.165, 1.54) is 0 Å². The van der Waals surface area contributed by atoms with Gasteiger partial charge in [-0.15, -0.1) is 0 Å². The SMILES string of the molecule is C=CCOc1cc(Cl)c(Cl)c(Cl)c1C(NSC(C)(C)C)C1CCNCC1. The Labute approximate surface area is 176 Å². The van der Waals surface area contributed by atoms with E-state index >= 15 is 0 Å². The number of nitrogens with one attached hydrogen (secondary N) is 2. The molecule has 146 valence electrons. The molecule has 0 spiro atoms. The smallest absolute Gasteiger partial charge is 0.127 e. The van der Waals surface area contributed by atoms with Crippen LogP contribution in [0.1, 0.15) is 45.2 Å². The largest absolute Gasteiger partial charge is 0.489 e. The van der Waals surface area contributed by atoms with E-state index < -0.39 is 0 Å². The average molecular weight is 438 g/mol. The normalized spacial score (nSPS) is 17.2. The molecular weight excluding hydrogens is 411 g/mol. The van der Waals surface area contributed by atoms with Gasteiger partial charge in [0.1, 0.15) is 12.4 Å². The van der Waals surface area contributed by atoms with Crippen molar-refractivity contribution in [2.24, 2.45) is 5.92 Å². The number of piperidine rings is 1. The lowest BCUT2D eigenvalue weighted by Crippen LogP contribution is -2.36. The highest BCUT2D eigenvalue weighted by atomic mass is 35.5. The molecule has 1 aliphatic heterocycles. The first-order chi connectivity index (χ1) is 12.2. The van der Waals surface area contributed by atoms with Crippen molar-refractivity contribution in [2.75, 3.05) is 19.7 Å². The van der Waals surface area contributed by atoms with Crippen molar-refractivity contribution in [2.45, 2.75) is 44.4 Å². The van der Waals surface area contributed by atoms with E-state index in [4.69, 9.17) is 39.5 Å². The Morgan fingerprint density at radius 2 is 1.96 bits per heavy atom. The zero-order valence-electron chi connectivity index (χ0n) is 15.5. The molecule has 1 atom stereocenters. The van der Waals surface area contributed by atoms with E-state index in [0.717, 1.165) is 31.5 Å². The summed E-state index contributed by atoms with van der Waals surface area (Å²) in [4.78, 5) is 0. The predicted octanol–water partition coefficient (Wildman–Crippen LogP) is 6.29. The monoisotopic (exact) mass is 436 g/mol. The second-order valence-corrected chi connectivity index (χ2v) is 10.2. The fraction of sp³-hybridized carbons (Fsp3) is 0.579. The number of ether oxygens (including phenoxy) is 1. The lowest BCUT2D eigenvalue weighted by atomic mass is 9.86. The summed E-state index contributed by atoms with van der Waals surface area (Å²) in [5, 5.41) is 4.65. The molecule has 0 amide bonds. The first kappa shape index (κ1) is 22.2. The number of rotatable bonds is 7. The van der Waals surface area contributed by atoms with Crippen LogP contribution < -0.4 is 14.8 Å². The molecule has 1 aliphatic rings. The van der Waals surface area contributed by atoms with Crippen LogP contribution in [0, 0.1) is 5.92 Å². The van der Waals surface area contributed by atoms with E-state index in [1.54, 1.807) is 24.1 Å². The summed E-state index contributed by atoms with van der Waals surface area (Å²) in [6, 6.07) is 1.77. The maximum Gasteiger partial charge on any atom is 0.127 e. The van der Waals surface area contributed by atoms with Crippen LogP contribution in [0.25, 0.3) is 0 Å². The maximum absolute atomic E-state index is 6.66. The summed E-state index contributed by atoms with van der Waals surface area (Å²) in [5.41, 5.74) is 0.881. The number of halogens is 3. The summed E-state index contributed by atoms with van der Waals surface area (Å²) in [7, 11) is 0. The molecule has 1 heterocycles. The molecule has 0 aliphatic carbocycles. The molecule has 2 N–H and O–H groups in total. The highest BCUT2D eigenvalue weighted by Gasteiger charge is 2.32. The Bertz CT molecular complexity index is 628.